The number of carbonyl (C=O) groups is 1. The molecule has 4 nitrogen and oxygen atoms in total. The highest BCUT2D eigenvalue weighted by molar-refractivity contribution is 9.10. The zero-order valence-electron chi connectivity index (χ0n) is 9.70. The normalized spacial score (nSPS) is 18.7. The third kappa shape index (κ3) is 3.26. The van der Waals surface area contributed by atoms with Crippen LogP contribution in [0, 0.1) is 0 Å². The van der Waals surface area contributed by atoms with Crippen LogP contribution in [0.3, 0.4) is 0 Å². The van der Waals surface area contributed by atoms with Crippen LogP contribution in [-0.4, -0.2) is 29.6 Å². The first-order valence-corrected chi connectivity index (χ1v) is 6.39. The van der Waals surface area contributed by atoms with Crippen molar-refractivity contribution in [2.24, 2.45) is 0 Å². The first-order valence-electron chi connectivity index (χ1n) is 5.60. The van der Waals surface area contributed by atoms with Gasteiger partial charge >= 0.3 is 0 Å². The molecule has 1 saturated heterocycles. The number of amides is 1. The van der Waals surface area contributed by atoms with E-state index in [1.54, 1.807) is 18.5 Å². The summed E-state index contributed by atoms with van der Waals surface area (Å²) in [7, 11) is 0. The monoisotopic (exact) mass is 298 g/mol. The van der Waals surface area contributed by atoms with Crippen molar-refractivity contribution in [3.63, 3.8) is 0 Å². The van der Waals surface area contributed by atoms with E-state index in [0.29, 0.717) is 18.8 Å². The number of hydrogen-bond acceptors (Lipinski definition) is 3. The highest BCUT2D eigenvalue weighted by atomic mass is 79.9. The summed E-state index contributed by atoms with van der Waals surface area (Å²) in [6.45, 7) is 3.46. The van der Waals surface area contributed by atoms with Gasteiger partial charge in [0.15, 0.2) is 0 Å². The largest absolute Gasteiger partial charge is 0.381 e. The maximum atomic E-state index is 12.1. The topological polar surface area (TPSA) is 51.2 Å². The van der Waals surface area contributed by atoms with Crippen LogP contribution >= 0.6 is 15.9 Å². The van der Waals surface area contributed by atoms with Crippen molar-refractivity contribution in [3.8, 4) is 0 Å². The zero-order valence-corrected chi connectivity index (χ0v) is 11.3. The van der Waals surface area contributed by atoms with Crippen molar-refractivity contribution in [2.45, 2.75) is 25.3 Å². The average molecular weight is 299 g/mol. The smallest absolute Gasteiger partial charge is 0.253 e. The Morgan fingerprint density at radius 3 is 2.82 bits per heavy atom. The Kier molecular flexibility index (Phi) is 3.79. The number of aromatic nitrogens is 1. The molecule has 92 valence electrons. The van der Waals surface area contributed by atoms with E-state index >= 15 is 0 Å². The molecule has 1 aliphatic rings. The van der Waals surface area contributed by atoms with Gasteiger partial charge in [0.1, 0.15) is 0 Å². The standard InChI is InChI=1S/C12H15BrN2O2/c1-12(2-4-17-5-3-12)15-11(16)9-6-10(13)8-14-7-9/h6-8H,2-5H2,1H3,(H,15,16). The molecule has 5 heteroatoms. The van der Waals surface area contributed by atoms with Crippen LogP contribution < -0.4 is 5.32 Å². The number of nitrogens with one attached hydrogen (secondary N) is 1. The van der Waals surface area contributed by atoms with Gasteiger partial charge in [-0.2, -0.15) is 0 Å². The second kappa shape index (κ2) is 5.14. The van der Waals surface area contributed by atoms with Gasteiger partial charge in [-0.15, -0.1) is 0 Å². The fourth-order valence-corrected chi connectivity index (χ4v) is 2.19. The van der Waals surface area contributed by atoms with E-state index in [0.717, 1.165) is 17.3 Å². The number of pyridine rings is 1. The minimum atomic E-state index is -0.169. The first-order chi connectivity index (χ1) is 8.09. The quantitative estimate of drug-likeness (QED) is 0.910. The molecule has 1 aliphatic heterocycles. The van der Waals surface area contributed by atoms with E-state index in [2.05, 4.69) is 33.2 Å². The van der Waals surface area contributed by atoms with Gasteiger partial charge in [-0.1, -0.05) is 0 Å². The van der Waals surface area contributed by atoms with E-state index in [9.17, 15) is 4.79 Å². The van der Waals surface area contributed by atoms with Crippen molar-refractivity contribution in [3.05, 3.63) is 28.5 Å². The first kappa shape index (κ1) is 12.5. The van der Waals surface area contributed by atoms with E-state index in [1.807, 2.05) is 0 Å². The van der Waals surface area contributed by atoms with Gasteiger partial charge in [-0.3, -0.25) is 9.78 Å². The lowest BCUT2D eigenvalue weighted by molar-refractivity contribution is 0.0422. The minimum absolute atomic E-state index is 0.0804. The van der Waals surface area contributed by atoms with Crippen LogP contribution in [0.4, 0.5) is 0 Å². The second-order valence-corrected chi connectivity index (χ2v) is 5.43. The molecule has 2 rings (SSSR count). The van der Waals surface area contributed by atoms with Crippen molar-refractivity contribution in [2.75, 3.05) is 13.2 Å². The van der Waals surface area contributed by atoms with Crippen molar-refractivity contribution >= 4 is 21.8 Å². The Morgan fingerprint density at radius 2 is 2.18 bits per heavy atom. The van der Waals surface area contributed by atoms with Gasteiger partial charge in [0.25, 0.3) is 5.91 Å². The minimum Gasteiger partial charge on any atom is -0.381 e. The van der Waals surface area contributed by atoms with Crippen LogP contribution in [0.1, 0.15) is 30.1 Å². The lowest BCUT2D eigenvalue weighted by Crippen LogP contribution is -2.49. The number of halogens is 1. The Morgan fingerprint density at radius 1 is 1.47 bits per heavy atom. The molecule has 0 unspecified atom stereocenters. The highest BCUT2D eigenvalue weighted by Gasteiger charge is 2.29. The Bertz CT molecular complexity index is 417. The Labute approximate surface area is 109 Å². The third-order valence-corrected chi connectivity index (χ3v) is 3.41. The summed E-state index contributed by atoms with van der Waals surface area (Å²) in [6, 6.07) is 1.77. The molecule has 1 aromatic heterocycles. The molecule has 0 atom stereocenters. The summed E-state index contributed by atoms with van der Waals surface area (Å²) in [4.78, 5) is 16.0. The molecule has 0 saturated carbocycles. The molecule has 0 radical (unpaired) electrons. The highest BCUT2D eigenvalue weighted by Crippen LogP contribution is 2.20. The molecular formula is C12H15BrN2O2. The zero-order chi connectivity index (χ0) is 12.3. The summed E-state index contributed by atoms with van der Waals surface area (Å²) in [5.41, 5.74) is 0.407. The molecule has 0 aliphatic carbocycles. The van der Waals surface area contributed by atoms with Gasteiger partial charge in [0.2, 0.25) is 0 Å². The lowest BCUT2D eigenvalue weighted by atomic mass is 9.92. The summed E-state index contributed by atoms with van der Waals surface area (Å²) in [5, 5.41) is 3.06. The summed E-state index contributed by atoms with van der Waals surface area (Å²) < 4.78 is 6.11. The summed E-state index contributed by atoms with van der Waals surface area (Å²) in [6.07, 6.45) is 4.93. The predicted molar refractivity (Wildman–Crippen MR) is 67.9 cm³/mol. The van der Waals surface area contributed by atoms with Crippen molar-refractivity contribution in [1.82, 2.24) is 10.3 Å². The van der Waals surface area contributed by atoms with Crippen molar-refractivity contribution < 1.29 is 9.53 Å². The molecule has 1 fully saturated rings. The fourth-order valence-electron chi connectivity index (χ4n) is 1.83. The van der Waals surface area contributed by atoms with Crippen molar-refractivity contribution in [1.29, 1.82) is 0 Å². The van der Waals surface area contributed by atoms with Gasteiger partial charge in [-0.05, 0) is 41.8 Å². The van der Waals surface area contributed by atoms with Gasteiger partial charge in [0, 0.05) is 35.6 Å². The predicted octanol–water partition coefficient (Wildman–Crippen LogP) is 2.14. The van der Waals surface area contributed by atoms with E-state index in [4.69, 9.17) is 4.74 Å². The molecule has 1 aromatic rings. The summed E-state index contributed by atoms with van der Waals surface area (Å²) >= 11 is 3.31. The molecule has 17 heavy (non-hydrogen) atoms. The van der Waals surface area contributed by atoms with Gasteiger partial charge in [-0.25, -0.2) is 0 Å². The van der Waals surface area contributed by atoms with Gasteiger partial charge < -0.3 is 10.1 Å². The maximum absolute atomic E-state index is 12.1. The molecule has 0 bridgehead atoms. The van der Waals surface area contributed by atoms with Crippen LogP contribution in [0.2, 0.25) is 0 Å². The number of rotatable bonds is 2. The van der Waals surface area contributed by atoms with Gasteiger partial charge in [0.05, 0.1) is 5.56 Å². The Hall–Kier alpha value is -0.940. The molecule has 2 heterocycles. The second-order valence-electron chi connectivity index (χ2n) is 4.52. The fraction of sp³-hybridized carbons (Fsp3) is 0.500. The third-order valence-electron chi connectivity index (χ3n) is 2.98. The van der Waals surface area contributed by atoms with E-state index in [1.165, 1.54) is 0 Å². The van der Waals surface area contributed by atoms with Crippen LogP contribution in [-0.2, 0) is 4.74 Å². The summed E-state index contributed by atoms with van der Waals surface area (Å²) in [5.74, 6) is -0.0804. The number of carbonyl (C=O) groups excluding carboxylic acids is 1. The number of ether oxygens (including phenoxy) is 1. The Balaban J connectivity index is 2.06. The maximum Gasteiger partial charge on any atom is 0.253 e. The lowest BCUT2D eigenvalue weighted by Gasteiger charge is -2.34. The van der Waals surface area contributed by atoms with Crippen LogP contribution in [0.5, 0.6) is 0 Å². The molecule has 1 N–H and O–H groups in total. The average Bonchev–Trinajstić information content (AvgIpc) is 2.29. The molecule has 1 amide bonds. The molecular weight excluding hydrogens is 284 g/mol. The molecule has 0 spiro atoms. The van der Waals surface area contributed by atoms with E-state index < -0.39 is 0 Å². The van der Waals surface area contributed by atoms with Crippen LogP contribution in [0.25, 0.3) is 0 Å². The number of nitrogens with zero attached hydrogens (tertiary/aromatic N) is 1. The van der Waals surface area contributed by atoms with E-state index in [-0.39, 0.29) is 11.4 Å². The number of hydrogen-bond donors (Lipinski definition) is 1. The molecule has 0 aromatic carbocycles. The SMILES string of the molecule is CC1(NC(=O)c2cncc(Br)c2)CCOCC1. The van der Waals surface area contributed by atoms with Crippen LogP contribution in [0.15, 0.2) is 22.9 Å².